The number of pyridine rings is 1. The van der Waals surface area contributed by atoms with Crippen LogP contribution < -0.4 is 9.30 Å². The number of nitrogens with zero attached hydrogens (tertiary/aromatic N) is 1. The number of hydrogen-bond donors (Lipinski definition) is 0. The Morgan fingerprint density at radius 1 is 0.882 bits per heavy atom. The fourth-order valence-corrected chi connectivity index (χ4v) is 3.86. The van der Waals surface area contributed by atoms with Gasteiger partial charge in [0, 0.05) is 12.1 Å². The van der Waals surface area contributed by atoms with Crippen LogP contribution in [0.2, 0.25) is 0 Å². The predicted octanol–water partition coefficient (Wildman–Crippen LogP) is 5.24. The smallest absolute Gasteiger partial charge is 0.485 e. The van der Waals surface area contributed by atoms with Crippen LogP contribution in [0.3, 0.4) is 0 Å². The Hall–Kier alpha value is -3.08. The highest BCUT2D eigenvalue weighted by Gasteiger charge is 2.36. The van der Waals surface area contributed by atoms with Crippen LogP contribution in [0.15, 0.2) is 66.7 Å². The summed E-state index contributed by atoms with van der Waals surface area (Å²) in [5.41, 5.74) is -0.230. The summed E-state index contributed by atoms with van der Waals surface area (Å²) in [4.78, 5) is 0. The second kappa shape index (κ2) is 9.65. The van der Waals surface area contributed by atoms with Gasteiger partial charge in [0.05, 0.1) is 16.3 Å². The van der Waals surface area contributed by atoms with E-state index in [0.717, 1.165) is 44.2 Å². The lowest BCUT2D eigenvalue weighted by atomic mass is 10.0. The minimum Gasteiger partial charge on any atom is -0.741 e. The molecule has 0 N–H and O–H groups in total. The monoisotopic (exact) mass is 507 g/mol. The Kier molecular flexibility index (Phi) is 7.25. The Morgan fingerprint density at radius 3 is 1.71 bits per heavy atom. The van der Waals surface area contributed by atoms with E-state index in [1.165, 1.54) is 0 Å². The lowest BCUT2D eigenvalue weighted by Gasteiger charge is -2.15. The normalized spacial score (nSPS) is 11.7. The average Bonchev–Trinajstić information content (AvgIpc) is 2.76. The number of benzene rings is 3. The minimum absolute atomic E-state index is 0.510. The van der Waals surface area contributed by atoms with Gasteiger partial charge in [-0.05, 0) is 49.3 Å². The van der Waals surface area contributed by atoms with Gasteiger partial charge in [0.2, 0.25) is 11.0 Å². The van der Waals surface area contributed by atoms with Gasteiger partial charge in [-0.25, -0.2) is 8.42 Å². The molecule has 0 aliphatic rings. The van der Waals surface area contributed by atoms with Crippen LogP contribution in [0.1, 0.15) is 16.7 Å². The van der Waals surface area contributed by atoms with E-state index in [-0.39, 0.29) is 0 Å². The van der Waals surface area contributed by atoms with Crippen molar-refractivity contribution in [3.05, 3.63) is 83.4 Å². The highest BCUT2D eigenvalue weighted by molar-refractivity contribution is 7.86. The molecule has 0 radical (unpaired) electrons. The van der Waals surface area contributed by atoms with E-state index in [0.29, 0.717) is 5.05 Å². The molecule has 0 fully saturated rings. The average molecular weight is 508 g/mol. The van der Waals surface area contributed by atoms with Crippen LogP contribution >= 0.6 is 12.2 Å². The number of alkyl halides is 3. The molecule has 4 aromatic rings. The van der Waals surface area contributed by atoms with Crippen molar-refractivity contribution in [2.75, 3.05) is 0 Å². The van der Waals surface area contributed by atoms with Gasteiger partial charge in [0.25, 0.3) is 0 Å². The second-order valence-corrected chi connectivity index (χ2v) is 9.22. The first-order valence-corrected chi connectivity index (χ1v) is 11.7. The fourth-order valence-electron chi connectivity index (χ4n) is 3.55. The van der Waals surface area contributed by atoms with E-state index in [1.807, 2.05) is 44.2 Å². The molecule has 0 spiro atoms. The van der Waals surface area contributed by atoms with Gasteiger partial charge < -0.3 is 9.29 Å². The zero-order valence-corrected chi connectivity index (χ0v) is 20.0. The maximum absolute atomic E-state index is 10.7. The van der Waals surface area contributed by atoms with Crippen LogP contribution in [0.25, 0.3) is 21.8 Å². The van der Waals surface area contributed by atoms with E-state index in [1.54, 1.807) is 0 Å². The van der Waals surface area contributed by atoms with Gasteiger partial charge in [-0.15, -0.1) is 0 Å². The lowest BCUT2D eigenvalue weighted by Crippen LogP contribution is -2.31. The summed E-state index contributed by atoms with van der Waals surface area (Å²) < 4.78 is 67.3. The molecular formula is C24H20F3NO4S2. The van der Waals surface area contributed by atoms with Crippen molar-refractivity contribution in [2.45, 2.75) is 19.4 Å². The largest absolute Gasteiger partial charge is 0.741 e. The highest BCUT2D eigenvalue weighted by Crippen LogP contribution is 2.29. The summed E-state index contributed by atoms with van der Waals surface area (Å²) in [5, 5.41) is 2.71. The van der Waals surface area contributed by atoms with E-state index >= 15 is 0 Å². The molecule has 10 heteroatoms. The van der Waals surface area contributed by atoms with Crippen LogP contribution in [0.4, 0.5) is 13.2 Å². The van der Waals surface area contributed by atoms with Crippen molar-refractivity contribution in [2.24, 2.45) is 7.05 Å². The van der Waals surface area contributed by atoms with Gasteiger partial charge in [-0.1, -0.05) is 42.5 Å². The van der Waals surface area contributed by atoms with Crippen molar-refractivity contribution < 1.29 is 35.4 Å². The molecule has 4 rings (SSSR count). The lowest BCUT2D eigenvalue weighted by molar-refractivity contribution is -0.617. The zero-order valence-electron chi connectivity index (χ0n) is 18.4. The van der Waals surface area contributed by atoms with Gasteiger partial charge in [-0.2, -0.15) is 17.7 Å². The predicted molar refractivity (Wildman–Crippen MR) is 127 cm³/mol. The summed E-state index contributed by atoms with van der Waals surface area (Å²) in [6.45, 7) is 4.10. The van der Waals surface area contributed by atoms with Crippen molar-refractivity contribution in [3.63, 3.8) is 0 Å². The summed E-state index contributed by atoms with van der Waals surface area (Å²) in [6.07, 6.45) is 0. The van der Waals surface area contributed by atoms with Crippen molar-refractivity contribution in [3.8, 4) is 5.75 Å². The van der Waals surface area contributed by atoms with Gasteiger partial charge in [-0.3, -0.25) is 0 Å². The van der Waals surface area contributed by atoms with Crippen molar-refractivity contribution >= 4 is 49.2 Å². The Bertz CT molecular complexity index is 1420. The molecule has 0 bridgehead atoms. The van der Waals surface area contributed by atoms with E-state index in [2.05, 4.69) is 48.0 Å². The molecular weight excluding hydrogens is 487 g/mol. The van der Waals surface area contributed by atoms with Crippen molar-refractivity contribution in [1.82, 2.24) is 0 Å². The molecule has 0 saturated heterocycles. The highest BCUT2D eigenvalue weighted by atomic mass is 32.2. The third kappa shape index (κ3) is 5.19. The summed E-state index contributed by atoms with van der Waals surface area (Å²) in [7, 11) is -4.00. The third-order valence-electron chi connectivity index (χ3n) is 5.16. The summed E-state index contributed by atoms with van der Waals surface area (Å²) in [6, 6.07) is 22.8. The van der Waals surface area contributed by atoms with Crippen molar-refractivity contribution in [1.29, 1.82) is 0 Å². The van der Waals surface area contributed by atoms with E-state index in [9.17, 15) is 13.2 Å². The molecule has 0 aliphatic carbocycles. The van der Waals surface area contributed by atoms with Gasteiger partial charge in [0.1, 0.15) is 12.8 Å². The first kappa shape index (κ1) is 25.5. The summed E-state index contributed by atoms with van der Waals surface area (Å²) >= 11 is 5.79. The third-order valence-corrected chi connectivity index (χ3v) is 6.02. The first-order valence-electron chi connectivity index (χ1n) is 9.93. The number of ether oxygens (including phenoxy) is 1. The van der Waals surface area contributed by atoms with E-state index in [4.69, 9.17) is 29.9 Å². The number of para-hydroxylation sites is 3. The number of aromatic nitrogens is 1. The summed E-state index contributed by atoms with van der Waals surface area (Å²) in [5.74, 6) is 0.846. The molecule has 1 aromatic heterocycles. The number of fused-ring (bicyclic) bond motifs is 2. The zero-order chi connectivity index (χ0) is 25.3. The van der Waals surface area contributed by atoms with Crippen LogP contribution in [0, 0.1) is 13.8 Å². The Labute approximate surface area is 200 Å². The standard InChI is InChI=1S/C23H20NOS.CHF3O3S/c1-15-9-8-10-16(2)22(15)25-23(26)21-17-11-4-6-13-19(17)24(3)20-14-7-5-12-18(20)21;2-1(3,4)8(5,6)7/h4-14H,1-3H3;(H,5,6,7)/q+1;/p-1. The maximum atomic E-state index is 10.7. The van der Waals surface area contributed by atoms with Crippen LogP contribution in [-0.2, 0) is 17.2 Å². The molecule has 178 valence electrons. The first-order chi connectivity index (χ1) is 15.8. The number of thiocarbonyl (C=S) groups is 1. The SMILES string of the molecule is Cc1cccc(C)c1OC(=S)c1c2ccccc2[n+](C)c2ccccc12.O=S(=O)([O-])C(F)(F)F. The molecule has 0 amide bonds. The topological polar surface area (TPSA) is 70.3 Å². The van der Waals surface area contributed by atoms with E-state index < -0.39 is 15.6 Å². The molecule has 0 unspecified atom stereocenters. The molecule has 5 nitrogen and oxygen atoms in total. The molecule has 34 heavy (non-hydrogen) atoms. The fraction of sp³-hybridized carbons (Fsp3) is 0.167. The minimum atomic E-state index is -6.09. The Balaban J connectivity index is 0.000000350. The molecule has 0 saturated carbocycles. The Morgan fingerprint density at radius 2 is 1.29 bits per heavy atom. The molecule has 1 heterocycles. The van der Waals surface area contributed by atoms with Gasteiger partial charge >= 0.3 is 5.51 Å². The number of halogens is 3. The maximum Gasteiger partial charge on any atom is 0.485 e. The molecule has 0 atom stereocenters. The quantitative estimate of drug-likeness (QED) is 0.122. The second-order valence-electron chi connectivity index (χ2n) is 7.48. The molecule has 0 aliphatic heterocycles. The van der Waals surface area contributed by atoms with Crippen LogP contribution in [-0.4, -0.2) is 23.5 Å². The number of aryl methyl sites for hydroxylation is 3. The van der Waals surface area contributed by atoms with Crippen LogP contribution in [0.5, 0.6) is 5.75 Å². The number of hydrogen-bond acceptors (Lipinski definition) is 5. The molecule has 3 aromatic carbocycles. The number of rotatable bonds is 2. The van der Waals surface area contributed by atoms with Gasteiger partial charge in [0.15, 0.2) is 15.2 Å².